The molecule has 1 saturated heterocycles. The number of halogens is 1. The first-order valence-electron chi connectivity index (χ1n) is 8.23. The highest BCUT2D eigenvalue weighted by Gasteiger charge is 2.29. The first-order chi connectivity index (χ1) is 11.7. The van der Waals surface area contributed by atoms with Gasteiger partial charge in [-0.05, 0) is 49.9 Å². The lowest BCUT2D eigenvalue weighted by atomic mass is 9.98. The predicted molar refractivity (Wildman–Crippen MR) is 89.8 cm³/mol. The third kappa shape index (κ3) is 4.35. The Morgan fingerprint density at radius 3 is 2.44 bits per heavy atom. The quantitative estimate of drug-likeness (QED) is 0.899. The van der Waals surface area contributed by atoms with Crippen molar-refractivity contribution in [3.8, 4) is 0 Å². The first kappa shape index (κ1) is 18.9. The van der Waals surface area contributed by atoms with Crippen LogP contribution in [0.1, 0.15) is 34.3 Å². The summed E-state index contributed by atoms with van der Waals surface area (Å²) in [4.78, 5) is 38.7. The highest BCUT2D eigenvalue weighted by molar-refractivity contribution is 5.96. The van der Waals surface area contributed by atoms with Crippen molar-refractivity contribution in [3.63, 3.8) is 0 Å². The van der Waals surface area contributed by atoms with Crippen LogP contribution in [0, 0.1) is 25.6 Å². The molecule has 1 aliphatic rings. The monoisotopic (exact) mass is 350 g/mol. The van der Waals surface area contributed by atoms with Crippen molar-refractivity contribution in [1.29, 1.82) is 0 Å². The highest BCUT2D eigenvalue weighted by Crippen LogP contribution is 2.18. The summed E-state index contributed by atoms with van der Waals surface area (Å²) >= 11 is 0. The molecule has 1 heterocycles. The van der Waals surface area contributed by atoms with Crippen LogP contribution in [0.2, 0.25) is 0 Å². The molecule has 136 valence electrons. The molecule has 2 rings (SSSR count). The summed E-state index contributed by atoms with van der Waals surface area (Å²) in [5, 5.41) is 9.10. The minimum Gasteiger partial charge on any atom is -0.481 e. The largest absolute Gasteiger partial charge is 0.481 e. The predicted octanol–water partition coefficient (Wildman–Crippen LogP) is 1.84. The Hall–Kier alpha value is -2.44. The van der Waals surface area contributed by atoms with E-state index in [1.54, 1.807) is 13.8 Å². The number of hydrogen-bond donors (Lipinski definition) is 1. The van der Waals surface area contributed by atoms with E-state index in [9.17, 15) is 18.8 Å². The maximum atomic E-state index is 13.7. The SMILES string of the molecule is Cc1cc(C(=O)N(C)CC(=O)N2CCCC(C(=O)O)C2)cc(C)c1F. The third-order valence-electron chi connectivity index (χ3n) is 4.53. The Balaban J connectivity index is 2.03. The van der Waals surface area contributed by atoms with Gasteiger partial charge in [-0.1, -0.05) is 0 Å². The van der Waals surface area contributed by atoms with E-state index in [1.807, 2.05) is 0 Å². The maximum absolute atomic E-state index is 13.7. The summed E-state index contributed by atoms with van der Waals surface area (Å²) in [5.41, 5.74) is 1.08. The molecule has 1 atom stereocenters. The van der Waals surface area contributed by atoms with Gasteiger partial charge in [0, 0.05) is 25.7 Å². The first-order valence-corrected chi connectivity index (χ1v) is 8.23. The van der Waals surface area contributed by atoms with Crippen molar-refractivity contribution in [2.45, 2.75) is 26.7 Å². The lowest BCUT2D eigenvalue weighted by Crippen LogP contribution is -2.46. The summed E-state index contributed by atoms with van der Waals surface area (Å²) < 4.78 is 13.7. The molecule has 1 unspecified atom stereocenters. The molecule has 1 aliphatic heterocycles. The van der Waals surface area contributed by atoms with Crippen LogP contribution in [0.5, 0.6) is 0 Å². The van der Waals surface area contributed by atoms with E-state index in [0.29, 0.717) is 36.1 Å². The van der Waals surface area contributed by atoms with Gasteiger partial charge in [0.05, 0.1) is 12.5 Å². The van der Waals surface area contributed by atoms with E-state index in [2.05, 4.69) is 0 Å². The highest BCUT2D eigenvalue weighted by atomic mass is 19.1. The fourth-order valence-electron chi connectivity index (χ4n) is 3.07. The average Bonchev–Trinajstić information content (AvgIpc) is 2.58. The van der Waals surface area contributed by atoms with Crippen molar-refractivity contribution < 1.29 is 23.9 Å². The normalized spacial score (nSPS) is 17.3. The Bertz CT molecular complexity index is 681. The number of hydrogen-bond acceptors (Lipinski definition) is 3. The Morgan fingerprint density at radius 2 is 1.88 bits per heavy atom. The van der Waals surface area contributed by atoms with E-state index < -0.39 is 11.9 Å². The fraction of sp³-hybridized carbons (Fsp3) is 0.500. The van der Waals surface area contributed by atoms with Crippen molar-refractivity contribution in [2.24, 2.45) is 5.92 Å². The van der Waals surface area contributed by atoms with Crippen LogP contribution in [0.4, 0.5) is 4.39 Å². The molecule has 7 heteroatoms. The summed E-state index contributed by atoms with van der Waals surface area (Å²) in [6.45, 7) is 3.71. The van der Waals surface area contributed by atoms with E-state index in [4.69, 9.17) is 5.11 Å². The zero-order valence-electron chi connectivity index (χ0n) is 14.7. The molecule has 1 N–H and O–H groups in total. The van der Waals surface area contributed by atoms with Crippen LogP contribution in [-0.2, 0) is 9.59 Å². The van der Waals surface area contributed by atoms with Crippen LogP contribution in [-0.4, -0.2) is 59.4 Å². The number of carbonyl (C=O) groups excluding carboxylic acids is 2. The van der Waals surface area contributed by atoms with Gasteiger partial charge in [-0.25, -0.2) is 4.39 Å². The number of nitrogens with zero attached hydrogens (tertiary/aromatic N) is 2. The van der Waals surface area contributed by atoms with Gasteiger partial charge in [0.25, 0.3) is 5.91 Å². The second kappa shape index (κ2) is 7.63. The number of piperidine rings is 1. The molecule has 1 aromatic carbocycles. The van der Waals surface area contributed by atoms with Gasteiger partial charge in [-0.3, -0.25) is 14.4 Å². The van der Waals surface area contributed by atoms with Gasteiger partial charge in [0.2, 0.25) is 5.91 Å². The number of rotatable bonds is 4. The number of likely N-dealkylation sites (N-methyl/N-ethyl adjacent to an activating group) is 1. The molecule has 0 spiro atoms. The van der Waals surface area contributed by atoms with Crippen LogP contribution in [0.15, 0.2) is 12.1 Å². The molecule has 0 radical (unpaired) electrons. The molecule has 0 saturated carbocycles. The van der Waals surface area contributed by atoms with E-state index in [0.717, 1.165) is 0 Å². The number of benzene rings is 1. The van der Waals surface area contributed by atoms with Crippen LogP contribution >= 0.6 is 0 Å². The molecule has 1 fully saturated rings. The molecular formula is C18H23FN2O4. The van der Waals surface area contributed by atoms with E-state index in [1.165, 1.54) is 29.0 Å². The third-order valence-corrected chi connectivity index (χ3v) is 4.53. The standard InChI is InChI=1S/C18H23FN2O4/c1-11-7-14(8-12(2)16(11)19)17(23)20(3)10-15(22)21-6-4-5-13(9-21)18(24)25/h7-8,13H,4-6,9-10H2,1-3H3,(H,24,25). The van der Waals surface area contributed by atoms with Crippen molar-refractivity contribution in [1.82, 2.24) is 9.80 Å². The Kier molecular flexibility index (Phi) is 5.77. The van der Waals surface area contributed by atoms with E-state index >= 15 is 0 Å². The van der Waals surface area contributed by atoms with Crippen LogP contribution in [0.3, 0.4) is 0 Å². The number of aliphatic carboxylic acids is 1. The Labute approximate surface area is 146 Å². The number of carboxylic acids is 1. The molecule has 1 aromatic rings. The van der Waals surface area contributed by atoms with Gasteiger partial charge in [-0.15, -0.1) is 0 Å². The lowest BCUT2D eigenvalue weighted by molar-refractivity contribution is -0.145. The van der Waals surface area contributed by atoms with Gasteiger partial charge in [0.15, 0.2) is 0 Å². The molecule has 25 heavy (non-hydrogen) atoms. The molecule has 2 amide bonds. The summed E-state index contributed by atoms with van der Waals surface area (Å²) in [5.74, 6) is -2.45. The van der Waals surface area contributed by atoms with Gasteiger partial charge < -0.3 is 14.9 Å². The number of carbonyl (C=O) groups is 3. The zero-order valence-corrected chi connectivity index (χ0v) is 14.7. The second-order valence-electron chi connectivity index (χ2n) is 6.60. The Morgan fingerprint density at radius 1 is 1.28 bits per heavy atom. The summed E-state index contributed by atoms with van der Waals surface area (Å²) in [6, 6.07) is 2.93. The summed E-state index contributed by atoms with van der Waals surface area (Å²) in [7, 11) is 1.51. The molecular weight excluding hydrogens is 327 g/mol. The van der Waals surface area contributed by atoms with Crippen molar-refractivity contribution >= 4 is 17.8 Å². The average molecular weight is 350 g/mol. The zero-order chi connectivity index (χ0) is 18.7. The van der Waals surface area contributed by atoms with Gasteiger partial charge in [0.1, 0.15) is 5.82 Å². The second-order valence-corrected chi connectivity index (χ2v) is 6.60. The van der Waals surface area contributed by atoms with Gasteiger partial charge >= 0.3 is 5.97 Å². The number of amides is 2. The van der Waals surface area contributed by atoms with Crippen LogP contribution in [0.25, 0.3) is 0 Å². The maximum Gasteiger partial charge on any atom is 0.308 e. The lowest BCUT2D eigenvalue weighted by Gasteiger charge is -2.32. The van der Waals surface area contributed by atoms with Crippen molar-refractivity contribution in [2.75, 3.05) is 26.7 Å². The molecule has 0 bridgehead atoms. The topological polar surface area (TPSA) is 77.9 Å². The van der Waals surface area contributed by atoms with Crippen molar-refractivity contribution in [3.05, 3.63) is 34.6 Å². The molecule has 0 aliphatic carbocycles. The van der Waals surface area contributed by atoms with E-state index in [-0.39, 0.29) is 30.7 Å². The number of aryl methyl sites for hydroxylation is 2. The minimum absolute atomic E-state index is 0.138. The molecule has 6 nitrogen and oxygen atoms in total. The molecule has 0 aromatic heterocycles. The number of carboxylic acid groups (broad SMARTS) is 1. The minimum atomic E-state index is -0.904. The van der Waals surface area contributed by atoms with Crippen LogP contribution < -0.4 is 0 Å². The smallest absolute Gasteiger partial charge is 0.308 e. The van der Waals surface area contributed by atoms with Gasteiger partial charge in [-0.2, -0.15) is 0 Å². The fourth-order valence-corrected chi connectivity index (χ4v) is 3.07. The summed E-state index contributed by atoms with van der Waals surface area (Å²) in [6.07, 6.45) is 1.19. The number of likely N-dealkylation sites (tertiary alicyclic amines) is 1.